The van der Waals surface area contributed by atoms with Crippen LogP contribution in [0.3, 0.4) is 0 Å². The van der Waals surface area contributed by atoms with E-state index in [0.29, 0.717) is 6.10 Å². The molecule has 0 spiro atoms. The predicted octanol–water partition coefficient (Wildman–Crippen LogP) is 1.70. The molecule has 2 rings (SSSR count). The Morgan fingerprint density at radius 1 is 1.44 bits per heavy atom. The second kappa shape index (κ2) is 6.00. The second-order valence-corrected chi connectivity index (χ2v) is 4.48. The van der Waals surface area contributed by atoms with Gasteiger partial charge in [0.05, 0.1) is 12.7 Å². The van der Waals surface area contributed by atoms with Crippen molar-refractivity contribution in [2.45, 2.75) is 32.8 Å². The summed E-state index contributed by atoms with van der Waals surface area (Å²) in [6, 6.07) is 0. The van der Waals surface area contributed by atoms with E-state index in [1.54, 1.807) is 6.33 Å². The maximum absolute atomic E-state index is 5.71. The van der Waals surface area contributed by atoms with Crippen molar-refractivity contribution in [2.24, 2.45) is 0 Å². The molecule has 2 heterocycles. The highest BCUT2D eigenvalue weighted by Crippen LogP contribution is 2.25. The van der Waals surface area contributed by atoms with Crippen LogP contribution in [0.1, 0.15) is 25.8 Å². The monoisotopic (exact) mass is 250 g/mol. The van der Waals surface area contributed by atoms with Gasteiger partial charge in [-0.1, -0.05) is 13.8 Å². The minimum absolute atomic E-state index is 0.316. The number of anilines is 2. The first-order chi connectivity index (χ1) is 8.80. The fourth-order valence-electron chi connectivity index (χ4n) is 2.38. The van der Waals surface area contributed by atoms with Gasteiger partial charge in [-0.05, 0) is 12.8 Å². The molecule has 1 fully saturated rings. The van der Waals surface area contributed by atoms with E-state index >= 15 is 0 Å². The lowest BCUT2D eigenvalue weighted by Gasteiger charge is -2.34. The van der Waals surface area contributed by atoms with Gasteiger partial charge in [-0.15, -0.1) is 0 Å². The molecular formula is C13H22N4O. The number of hydrogen-bond donors (Lipinski definition) is 1. The summed E-state index contributed by atoms with van der Waals surface area (Å²) in [7, 11) is 1.90. The molecule has 1 unspecified atom stereocenters. The predicted molar refractivity (Wildman–Crippen MR) is 73.2 cm³/mol. The van der Waals surface area contributed by atoms with Crippen LogP contribution in [0, 0.1) is 0 Å². The van der Waals surface area contributed by atoms with Crippen LogP contribution in [0.25, 0.3) is 0 Å². The smallest absolute Gasteiger partial charge is 0.137 e. The summed E-state index contributed by atoms with van der Waals surface area (Å²) >= 11 is 0. The molecule has 1 aliphatic rings. The molecule has 0 amide bonds. The van der Waals surface area contributed by atoms with Gasteiger partial charge < -0.3 is 15.0 Å². The normalized spacial score (nSPS) is 19.9. The number of nitrogens with zero attached hydrogens (tertiary/aromatic N) is 3. The Bertz CT molecular complexity index is 397. The van der Waals surface area contributed by atoms with Crippen molar-refractivity contribution in [3.63, 3.8) is 0 Å². The minimum atomic E-state index is 0.316. The maximum atomic E-state index is 5.71. The molecule has 0 bridgehead atoms. The fourth-order valence-corrected chi connectivity index (χ4v) is 2.38. The Morgan fingerprint density at radius 3 is 2.94 bits per heavy atom. The summed E-state index contributed by atoms with van der Waals surface area (Å²) in [4.78, 5) is 11.1. The summed E-state index contributed by atoms with van der Waals surface area (Å²) in [5, 5.41) is 3.14. The van der Waals surface area contributed by atoms with Crippen LogP contribution in [0.5, 0.6) is 0 Å². The Labute approximate surface area is 109 Å². The zero-order valence-corrected chi connectivity index (χ0v) is 11.4. The zero-order valence-electron chi connectivity index (χ0n) is 11.4. The molecule has 1 aliphatic heterocycles. The fraction of sp³-hybridized carbons (Fsp3) is 0.692. The van der Waals surface area contributed by atoms with Crippen molar-refractivity contribution in [3.8, 4) is 0 Å². The van der Waals surface area contributed by atoms with Crippen molar-refractivity contribution in [1.29, 1.82) is 0 Å². The van der Waals surface area contributed by atoms with Crippen LogP contribution in [-0.2, 0) is 11.2 Å². The van der Waals surface area contributed by atoms with Gasteiger partial charge in [-0.3, -0.25) is 0 Å². The minimum Gasteiger partial charge on any atom is -0.375 e. The second-order valence-electron chi connectivity index (χ2n) is 4.48. The molecule has 0 aromatic carbocycles. The van der Waals surface area contributed by atoms with Gasteiger partial charge in [0.25, 0.3) is 0 Å². The van der Waals surface area contributed by atoms with E-state index in [0.717, 1.165) is 44.2 Å². The Kier molecular flexibility index (Phi) is 4.36. The summed E-state index contributed by atoms with van der Waals surface area (Å²) in [6.45, 7) is 6.91. The number of morpholine rings is 1. The third-order valence-corrected chi connectivity index (χ3v) is 3.41. The third kappa shape index (κ3) is 2.56. The number of aromatic nitrogens is 2. The van der Waals surface area contributed by atoms with Crippen LogP contribution in [0.4, 0.5) is 11.6 Å². The van der Waals surface area contributed by atoms with Crippen molar-refractivity contribution >= 4 is 11.6 Å². The molecule has 0 radical (unpaired) electrons. The molecule has 18 heavy (non-hydrogen) atoms. The largest absolute Gasteiger partial charge is 0.375 e. The lowest BCUT2D eigenvalue weighted by molar-refractivity contribution is 0.0381. The summed E-state index contributed by atoms with van der Waals surface area (Å²) < 4.78 is 5.71. The van der Waals surface area contributed by atoms with Gasteiger partial charge in [0.2, 0.25) is 0 Å². The lowest BCUT2D eigenvalue weighted by Crippen LogP contribution is -2.43. The van der Waals surface area contributed by atoms with Crippen LogP contribution < -0.4 is 10.2 Å². The van der Waals surface area contributed by atoms with Gasteiger partial charge in [0.1, 0.15) is 18.0 Å². The molecule has 1 aromatic rings. The topological polar surface area (TPSA) is 50.3 Å². The molecule has 100 valence electrons. The molecule has 1 aromatic heterocycles. The van der Waals surface area contributed by atoms with Gasteiger partial charge in [-0.2, -0.15) is 0 Å². The van der Waals surface area contributed by atoms with Crippen LogP contribution in [-0.4, -0.2) is 42.8 Å². The molecule has 1 atom stereocenters. The van der Waals surface area contributed by atoms with E-state index in [1.807, 2.05) is 7.05 Å². The molecule has 5 heteroatoms. The first-order valence-corrected chi connectivity index (χ1v) is 6.68. The standard InChI is InChI=1S/C13H22N4O/c1-4-10-8-17(6-7-18-10)13-11(5-2)12(14-3)15-9-16-13/h9-10H,4-8H2,1-3H3,(H,14,15,16). The molecule has 1 saturated heterocycles. The van der Waals surface area contributed by atoms with E-state index in [-0.39, 0.29) is 0 Å². The van der Waals surface area contributed by atoms with E-state index in [4.69, 9.17) is 4.74 Å². The quantitative estimate of drug-likeness (QED) is 0.881. The Hall–Kier alpha value is -1.36. The van der Waals surface area contributed by atoms with Gasteiger partial charge in [0.15, 0.2) is 0 Å². The van der Waals surface area contributed by atoms with Crippen molar-refractivity contribution in [2.75, 3.05) is 37.0 Å². The zero-order chi connectivity index (χ0) is 13.0. The number of hydrogen-bond acceptors (Lipinski definition) is 5. The average molecular weight is 250 g/mol. The molecule has 1 N–H and O–H groups in total. The number of ether oxygens (including phenoxy) is 1. The van der Waals surface area contributed by atoms with E-state index in [1.165, 1.54) is 5.56 Å². The van der Waals surface area contributed by atoms with Crippen LogP contribution in [0.15, 0.2) is 6.33 Å². The van der Waals surface area contributed by atoms with Crippen LogP contribution in [0.2, 0.25) is 0 Å². The first-order valence-electron chi connectivity index (χ1n) is 6.68. The van der Waals surface area contributed by atoms with Crippen molar-refractivity contribution < 1.29 is 4.74 Å². The van der Waals surface area contributed by atoms with Gasteiger partial charge in [0, 0.05) is 25.7 Å². The number of rotatable bonds is 4. The Balaban J connectivity index is 2.26. The van der Waals surface area contributed by atoms with E-state index < -0.39 is 0 Å². The first kappa shape index (κ1) is 13.1. The summed E-state index contributed by atoms with van der Waals surface area (Å²) in [5.41, 5.74) is 1.19. The molecular weight excluding hydrogens is 228 g/mol. The highest BCUT2D eigenvalue weighted by atomic mass is 16.5. The van der Waals surface area contributed by atoms with Crippen molar-refractivity contribution in [1.82, 2.24) is 9.97 Å². The van der Waals surface area contributed by atoms with E-state index in [2.05, 4.69) is 34.0 Å². The summed E-state index contributed by atoms with van der Waals surface area (Å²) in [5.74, 6) is 1.99. The highest BCUT2D eigenvalue weighted by molar-refractivity contribution is 5.58. The SMILES string of the molecule is CCc1c(NC)ncnc1N1CCOC(CC)C1. The van der Waals surface area contributed by atoms with Crippen LogP contribution >= 0.6 is 0 Å². The van der Waals surface area contributed by atoms with Crippen molar-refractivity contribution in [3.05, 3.63) is 11.9 Å². The summed E-state index contributed by atoms with van der Waals surface area (Å²) in [6.07, 6.45) is 3.93. The lowest BCUT2D eigenvalue weighted by atomic mass is 10.1. The van der Waals surface area contributed by atoms with Gasteiger partial charge in [-0.25, -0.2) is 9.97 Å². The molecule has 5 nitrogen and oxygen atoms in total. The van der Waals surface area contributed by atoms with E-state index in [9.17, 15) is 0 Å². The molecule has 0 saturated carbocycles. The maximum Gasteiger partial charge on any atom is 0.137 e. The highest BCUT2D eigenvalue weighted by Gasteiger charge is 2.22. The van der Waals surface area contributed by atoms with Gasteiger partial charge >= 0.3 is 0 Å². The average Bonchev–Trinajstić information content (AvgIpc) is 2.46. The molecule has 0 aliphatic carbocycles. The third-order valence-electron chi connectivity index (χ3n) is 3.41. The Morgan fingerprint density at radius 2 is 2.28 bits per heavy atom. The number of nitrogens with one attached hydrogen (secondary N) is 1.